The molecule has 4 bridgehead atoms. The Morgan fingerprint density at radius 1 is 0.967 bits per heavy atom. The van der Waals surface area contributed by atoms with E-state index in [1.54, 1.807) is 0 Å². The summed E-state index contributed by atoms with van der Waals surface area (Å²) < 4.78 is 5.42. The van der Waals surface area contributed by atoms with Crippen LogP contribution in [0.3, 0.4) is 0 Å². The smallest absolute Gasteiger partial charge is 0.408 e. The number of hydrogen-bond donors (Lipinski definition) is 2. The number of rotatable bonds is 5. The van der Waals surface area contributed by atoms with Crippen LogP contribution in [-0.2, 0) is 9.53 Å². The molecule has 0 radical (unpaired) electrons. The summed E-state index contributed by atoms with van der Waals surface area (Å²) in [5.41, 5.74) is -0.983. The molecule has 30 heavy (non-hydrogen) atoms. The molecule has 1 heterocycles. The molecule has 2 N–H and O–H groups in total. The number of hydrogen-bond acceptors (Lipinski definition) is 4. The highest BCUT2D eigenvalue weighted by Gasteiger charge is 2.49. The first kappa shape index (κ1) is 21.9. The van der Waals surface area contributed by atoms with Gasteiger partial charge in [0.05, 0.1) is 11.6 Å². The van der Waals surface area contributed by atoms with Crippen LogP contribution in [-0.4, -0.2) is 53.2 Å². The number of nitrogens with zero attached hydrogens (tertiary/aromatic N) is 1. The molecule has 5 fully saturated rings. The summed E-state index contributed by atoms with van der Waals surface area (Å²) in [6, 6.07) is 0.308. The van der Waals surface area contributed by atoms with E-state index >= 15 is 0 Å². The molecule has 5 aliphatic rings. The summed E-state index contributed by atoms with van der Waals surface area (Å²) in [5, 5.41) is 6.49. The summed E-state index contributed by atoms with van der Waals surface area (Å²) in [7, 11) is 0. The molecule has 0 spiro atoms. The molecule has 0 aromatic rings. The van der Waals surface area contributed by atoms with Gasteiger partial charge in [0, 0.05) is 12.6 Å². The summed E-state index contributed by atoms with van der Waals surface area (Å²) in [5.74, 6) is 3.44. The monoisotopic (exact) mass is 419 g/mol. The second-order valence-corrected chi connectivity index (χ2v) is 12.1. The minimum Gasteiger partial charge on any atom is -0.444 e. The predicted octanol–water partition coefficient (Wildman–Crippen LogP) is 3.70. The van der Waals surface area contributed by atoms with Gasteiger partial charge in [0.15, 0.2) is 0 Å². The Labute approximate surface area is 181 Å². The lowest BCUT2D eigenvalue weighted by molar-refractivity contribution is -0.129. The lowest BCUT2D eigenvalue weighted by Crippen LogP contribution is -2.59. The third kappa shape index (κ3) is 4.95. The third-order valence-electron chi connectivity index (χ3n) is 7.64. The standard InChI is InChI=1S/C24H41N3O3/c1-23(2,3)30-22(29)26-24(4,5)14-27-8-6-7-19(27)21(28)25-20-17-10-15-9-16(12-17)13-18(20)11-15/h15-20H,6-14H2,1-5H3,(H,25,28)(H,26,29)/t15?,16?,17?,18?,19-,20?/m1/s1. The van der Waals surface area contributed by atoms with Crippen LogP contribution in [0.25, 0.3) is 0 Å². The molecule has 170 valence electrons. The summed E-state index contributed by atoms with van der Waals surface area (Å²) in [6.45, 7) is 11.1. The van der Waals surface area contributed by atoms with Gasteiger partial charge in [-0.2, -0.15) is 0 Å². The van der Waals surface area contributed by atoms with Gasteiger partial charge in [0.1, 0.15) is 5.60 Å². The van der Waals surface area contributed by atoms with Crippen LogP contribution in [0.2, 0.25) is 0 Å². The van der Waals surface area contributed by atoms with Crippen LogP contribution in [0.1, 0.15) is 79.6 Å². The second kappa shape index (κ2) is 7.99. The van der Waals surface area contributed by atoms with Gasteiger partial charge in [0.25, 0.3) is 0 Å². The van der Waals surface area contributed by atoms with E-state index in [1.165, 1.54) is 32.1 Å². The highest BCUT2D eigenvalue weighted by molar-refractivity contribution is 5.82. The van der Waals surface area contributed by atoms with Crippen molar-refractivity contribution in [3.63, 3.8) is 0 Å². The number of ether oxygens (including phenoxy) is 1. The van der Waals surface area contributed by atoms with E-state index in [9.17, 15) is 9.59 Å². The molecular formula is C24H41N3O3. The highest BCUT2D eigenvalue weighted by Crippen LogP contribution is 2.53. The maximum Gasteiger partial charge on any atom is 0.408 e. The van der Waals surface area contributed by atoms with Crippen molar-refractivity contribution < 1.29 is 14.3 Å². The van der Waals surface area contributed by atoms with Gasteiger partial charge in [-0.25, -0.2) is 4.79 Å². The van der Waals surface area contributed by atoms with Crippen LogP contribution in [0.15, 0.2) is 0 Å². The summed E-state index contributed by atoms with van der Waals surface area (Å²) in [6.07, 6.45) is 8.24. The van der Waals surface area contributed by atoms with Gasteiger partial charge >= 0.3 is 6.09 Å². The van der Waals surface area contributed by atoms with E-state index in [0.29, 0.717) is 24.4 Å². The molecular weight excluding hydrogens is 378 g/mol. The Morgan fingerprint density at radius 2 is 1.57 bits per heavy atom. The van der Waals surface area contributed by atoms with Crippen LogP contribution in [0.4, 0.5) is 4.79 Å². The molecule has 0 aromatic heterocycles. The van der Waals surface area contributed by atoms with E-state index in [4.69, 9.17) is 4.74 Å². The maximum atomic E-state index is 13.3. The Balaban J connectivity index is 1.33. The van der Waals surface area contributed by atoms with Crippen molar-refractivity contribution in [2.24, 2.45) is 23.7 Å². The number of carbonyl (C=O) groups is 2. The van der Waals surface area contributed by atoms with Crippen LogP contribution in [0.5, 0.6) is 0 Å². The van der Waals surface area contributed by atoms with E-state index in [0.717, 1.165) is 31.2 Å². The Kier molecular flexibility index (Phi) is 5.84. The maximum absolute atomic E-state index is 13.3. The molecule has 0 unspecified atom stereocenters. The molecule has 1 atom stereocenters. The van der Waals surface area contributed by atoms with Crippen molar-refractivity contribution in [1.29, 1.82) is 0 Å². The molecule has 5 rings (SSSR count). The predicted molar refractivity (Wildman–Crippen MR) is 117 cm³/mol. The molecule has 6 heteroatoms. The molecule has 2 amide bonds. The largest absolute Gasteiger partial charge is 0.444 e. The normalized spacial score (nSPS) is 36.0. The number of carbonyl (C=O) groups excluding carboxylic acids is 2. The van der Waals surface area contributed by atoms with Crippen molar-refractivity contribution in [3.8, 4) is 0 Å². The Bertz CT molecular complexity index is 641. The van der Waals surface area contributed by atoms with Gasteiger partial charge in [0.2, 0.25) is 5.91 Å². The fourth-order valence-electron chi connectivity index (χ4n) is 6.86. The summed E-state index contributed by atoms with van der Waals surface area (Å²) in [4.78, 5) is 27.8. The van der Waals surface area contributed by atoms with Gasteiger partial charge in [-0.05, 0) is 110 Å². The Morgan fingerprint density at radius 3 is 2.13 bits per heavy atom. The first-order valence-electron chi connectivity index (χ1n) is 12.0. The zero-order chi connectivity index (χ0) is 21.7. The van der Waals surface area contributed by atoms with Crippen LogP contribution >= 0.6 is 0 Å². The topological polar surface area (TPSA) is 70.7 Å². The number of likely N-dealkylation sites (tertiary alicyclic amines) is 1. The zero-order valence-electron chi connectivity index (χ0n) is 19.5. The number of alkyl carbamates (subject to hydrolysis) is 1. The average molecular weight is 420 g/mol. The van der Waals surface area contributed by atoms with Gasteiger partial charge in [-0.15, -0.1) is 0 Å². The third-order valence-corrected chi connectivity index (χ3v) is 7.64. The fraction of sp³-hybridized carbons (Fsp3) is 0.917. The highest BCUT2D eigenvalue weighted by atomic mass is 16.6. The lowest BCUT2D eigenvalue weighted by Gasteiger charge is -2.54. The van der Waals surface area contributed by atoms with Gasteiger partial charge in [-0.1, -0.05) is 0 Å². The molecule has 4 saturated carbocycles. The van der Waals surface area contributed by atoms with Crippen molar-refractivity contribution in [2.45, 2.75) is 103 Å². The zero-order valence-corrected chi connectivity index (χ0v) is 19.5. The quantitative estimate of drug-likeness (QED) is 0.713. The first-order chi connectivity index (χ1) is 14.0. The molecule has 1 saturated heterocycles. The molecule has 1 aliphatic heterocycles. The second-order valence-electron chi connectivity index (χ2n) is 12.1. The van der Waals surface area contributed by atoms with Crippen molar-refractivity contribution in [1.82, 2.24) is 15.5 Å². The SMILES string of the molecule is CC(C)(CN1CCC[C@@H]1C(=O)NC1C2CC3CC(C2)CC1C3)NC(=O)OC(C)(C)C. The fourth-order valence-corrected chi connectivity index (χ4v) is 6.86. The van der Waals surface area contributed by atoms with Crippen molar-refractivity contribution in [2.75, 3.05) is 13.1 Å². The van der Waals surface area contributed by atoms with Crippen molar-refractivity contribution in [3.05, 3.63) is 0 Å². The molecule has 6 nitrogen and oxygen atoms in total. The van der Waals surface area contributed by atoms with E-state index < -0.39 is 17.2 Å². The minimum absolute atomic E-state index is 0.0816. The van der Waals surface area contributed by atoms with Crippen LogP contribution < -0.4 is 10.6 Å². The average Bonchev–Trinajstić information content (AvgIpc) is 3.02. The van der Waals surface area contributed by atoms with Crippen molar-refractivity contribution >= 4 is 12.0 Å². The van der Waals surface area contributed by atoms with E-state index in [2.05, 4.69) is 15.5 Å². The minimum atomic E-state index is -0.519. The number of nitrogens with one attached hydrogen (secondary N) is 2. The van der Waals surface area contributed by atoms with E-state index in [1.807, 2.05) is 34.6 Å². The van der Waals surface area contributed by atoms with Gasteiger partial charge in [-0.3, -0.25) is 9.69 Å². The van der Waals surface area contributed by atoms with Crippen LogP contribution in [0, 0.1) is 23.7 Å². The van der Waals surface area contributed by atoms with E-state index in [-0.39, 0.29) is 11.9 Å². The summed E-state index contributed by atoms with van der Waals surface area (Å²) >= 11 is 0. The number of amides is 2. The Hall–Kier alpha value is -1.30. The molecule has 0 aromatic carbocycles. The van der Waals surface area contributed by atoms with Gasteiger partial charge < -0.3 is 15.4 Å². The lowest BCUT2D eigenvalue weighted by atomic mass is 9.54. The first-order valence-corrected chi connectivity index (χ1v) is 12.0. The molecule has 4 aliphatic carbocycles.